The highest BCUT2D eigenvalue weighted by atomic mass is 32.1. The van der Waals surface area contributed by atoms with Crippen molar-refractivity contribution in [2.24, 2.45) is 5.73 Å². The van der Waals surface area contributed by atoms with Crippen LogP contribution in [0.3, 0.4) is 0 Å². The van der Waals surface area contributed by atoms with E-state index in [4.69, 9.17) is 23.1 Å². The van der Waals surface area contributed by atoms with Gasteiger partial charge in [-0.1, -0.05) is 12.1 Å². The highest BCUT2D eigenvalue weighted by molar-refractivity contribution is 7.80. The van der Waals surface area contributed by atoms with Crippen LogP contribution >= 0.6 is 12.2 Å². The van der Waals surface area contributed by atoms with Gasteiger partial charge in [0.2, 0.25) is 5.91 Å². The lowest BCUT2D eigenvalue weighted by Gasteiger charge is -2.13. The van der Waals surface area contributed by atoms with Crippen LogP contribution in [0.15, 0.2) is 24.3 Å². The lowest BCUT2D eigenvalue weighted by molar-refractivity contribution is -0.141. The molecular formula is C12H15N3O3S. The molecule has 0 fully saturated rings. The van der Waals surface area contributed by atoms with Gasteiger partial charge in [0.25, 0.3) is 0 Å². The van der Waals surface area contributed by atoms with Crippen molar-refractivity contribution in [3.63, 3.8) is 0 Å². The molecule has 0 aliphatic heterocycles. The van der Waals surface area contributed by atoms with Crippen molar-refractivity contribution in [2.75, 3.05) is 5.32 Å². The largest absolute Gasteiger partial charge is 0.480 e. The number of benzene rings is 1. The van der Waals surface area contributed by atoms with Gasteiger partial charge in [-0.2, -0.15) is 0 Å². The predicted octanol–water partition coefficient (Wildman–Crippen LogP) is 0.474. The molecule has 1 unspecified atom stereocenters. The fourth-order valence-corrected chi connectivity index (χ4v) is 1.67. The van der Waals surface area contributed by atoms with Gasteiger partial charge >= 0.3 is 5.97 Å². The van der Waals surface area contributed by atoms with Gasteiger partial charge in [-0.15, -0.1) is 0 Å². The average molecular weight is 281 g/mol. The van der Waals surface area contributed by atoms with Crippen molar-refractivity contribution in [3.05, 3.63) is 29.8 Å². The molecule has 1 aromatic rings. The Morgan fingerprint density at radius 3 is 2.37 bits per heavy atom. The summed E-state index contributed by atoms with van der Waals surface area (Å²) in [4.78, 5) is 21.9. The molecule has 5 N–H and O–H groups in total. The van der Waals surface area contributed by atoms with Gasteiger partial charge in [-0.3, -0.25) is 4.79 Å². The van der Waals surface area contributed by atoms with Crippen LogP contribution in [-0.2, 0) is 16.0 Å². The number of carbonyl (C=O) groups is 2. The number of hydrogen-bond acceptors (Lipinski definition) is 3. The molecule has 6 nitrogen and oxygen atoms in total. The van der Waals surface area contributed by atoms with E-state index in [1.807, 2.05) is 0 Å². The Balaban J connectivity index is 2.72. The molecule has 19 heavy (non-hydrogen) atoms. The second-order valence-corrected chi connectivity index (χ2v) is 4.42. The van der Waals surface area contributed by atoms with Crippen LogP contribution in [-0.4, -0.2) is 28.1 Å². The third kappa shape index (κ3) is 5.35. The van der Waals surface area contributed by atoms with E-state index < -0.39 is 12.0 Å². The van der Waals surface area contributed by atoms with Gasteiger partial charge < -0.3 is 21.5 Å². The van der Waals surface area contributed by atoms with Crippen molar-refractivity contribution < 1.29 is 14.7 Å². The van der Waals surface area contributed by atoms with Crippen LogP contribution in [0.4, 0.5) is 5.69 Å². The fourth-order valence-electron chi connectivity index (χ4n) is 1.55. The van der Waals surface area contributed by atoms with Crippen LogP contribution in [0.1, 0.15) is 12.5 Å². The lowest BCUT2D eigenvalue weighted by atomic mass is 10.1. The van der Waals surface area contributed by atoms with Gasteiger partial charge in [0.15, 0.2) is 5.11 Å². The molecule has 1 amide bonds. The number of carboxylic acids is 1. The Morgan fingerprint density at radius 2 is 1.95 bits per heavy atom. The third-order valence-electron chi connectivity index (χ3n) is 2.34. The summed E-state index contributed by atoms with van der Waals surface area (Å²) < 4.78 is 0. The normalized spacial score (nSPS) is 11.4. The van der Waals surface area contributed by atoms with E-state index in [1.54, 1.807) is 24.3 Å². The average Bonchev–Trinajstić information content (AvgIpc) is 2.29. The summed E-state index contributed by atoms with van der Waals surface area (Å²) in [5.41, 5.74) is 6.84. The summed E-state index contributed by atoms with van der Waals surface area (Å²) >= 11 is 4.70. The molecular weight excluding hydrogens is 266 g/mol. The maximum atomic E-state index is 11.0. The first-order valence-corrected chi connectivity index (χ1v) is 5.94. The molecule has 0 saturated carbocycles. The van der Waals surface area contributed by atoms with Gasteiger partial charge in [-0.25, -0.2) is 4.79 Å². The number of amides is 1. The van der Waals surface area contributed by atoms with E-state index in [9.17, 15) is 9.59 Å². The van der Waals surface area contributed by atoms with E-state index in [0.29, 0.717) is 0 Å². The summed E-state index contributed by atoms with van der Waals surface area (Å²) in [5, 5.41) is 14.3. The summed E-state index contributed by atoms with van der Waals surface area (Å²) in [6, 6.07) is 6.03. The molecule has 102 valence electrons. The van der Waals surface area contributed by atoms with Crippen molar-refractivity contribution in [2.45, 2.75) is 19.4 Å². The second-order valence-electron chi connectivity index (χ2n) is 3.98. The van der Waals surface area contributed by atoms with Crippen LogP contribution in [0.2, 0.25) is 0 Å². The number of rotatable bonds is 5. The van der Waals surface area contributed by atoms with Crippen molar-refractivity contribution in [1.29, 1.82) is 0 Å². The van der Waals surface area contributed by atoms with E-state index in [2.05, 4.69) is 10.6 Å². The minimum absolute atomic E-state index is 0.161. The summed E-state index contributed by atoms with van der Waals surface area (Å²) in [6.45, 7) is 1.28. The number of anilines is 1. The van der Waals surface area contributed by atoms with Crippen molar-refractivity contribution in [3.8, 4) is 0 Å². The van der Waals surface area contributed by atoms with Crippen LogP contribution in [0.25, 0.3) is 0 Å². The molecule has 0 aromatic heterocycles. The molecule has 0 spiro atoms. The van der Waals surface area contributed by atoms with Gasteiger partial charge in [0, 0.05) is 19.0 Å². The molecule has 0 heterocycles. The molecule has 1 rings (SSSR count). The maximum absolute atomic E-state index is 11.0. The van der Waals surface area contributed by atoms with Gasteiger partial charge in [-0.05, 0) is 29.9 Å². The highest BCUT2D eigenvalue weighted by Gasteiger charge is 2.18. The standard InChI is InChI=1S/C12H15N3O3S/c1-7(16)14-10(11(17)18)6-8-2-4-9(5-3-8)15-12(13)19/h2-5,10H,6H2,1H3,(H,14,16)(H,17,18)(H3,13,15,19). The summed E-state index contributed by atoms with van der Waals surface area (Å²) in [5.74, 6) is -1.44. The van der Waals surface area contributed by atoms with Gasteiger partial charge in [0.1, 0.15) is 6.04 Å². The number of hydrogen-bond donors (Lipinski definition) is 4. The van der Waals surface area contributed by atoms with Crippen molar-refractivity contribution >= 4 is 34.9 Å². The quantitative estimate of drug-likeness (QED) is 0.585. The zero-order valence-electron chi connectivity index (χ0n) is 10.3. The number of nitrogens with two attached hydrogens (primary N) is 1. The first kappa shape index (κ1) is 14.9. The maximum Gasteiger partial charge on any atom is 0.326 e. The Kier molecular flexibility index (Phi) is 5.25. The summed E-state index contributed by atoms with van der Waals surface area (Å²) in [6.07, 6.45) is 0.211. The first-order valence-electron chi connectivity index (χ1n) is 5.54. The minimum atomic E-state index is -1.07. The molecule has 7 heteroatoms. The predicted molar refractivity (Wildman–Crippen MR) is 75.8 cm³/mol. The van der Waals surface area contributed by atoms with Crippen LogP contribution < -0.4 is 16.4 Å². The smallest absolute Gasteiger partial charge is 0.326 e. The SMILES string of the molecule is CC(=O)NC(Cc1ccc(NC(N)=S)cc1)C(=O)O. The third-order valence-corrected chi connectivity index (χ3v) is 2.44. The number of thiocarbonyl (C=S) groups is 1. The fraction of sp³-hybridized carbons (Fsp3) is 0.250. The Labute approximate surface area is 116 Å². The number of carboxylic acid groups (broad SMARTS) is 1. The molecule has 1 aromatic carbocycles. The molecule has 0 aliphatic rings. The molecule has 1 atom stereocenters. The summed E-state index contributed by atoms with van der Waals surface area (Å²) in [7, 11) is 0. The Hall–Kier alpha value is -2.15. The van der Waals surface area contributed by atoms with E-state index in [0.717, 1.165) is 11.3 Å². The minimum Gasteiger partial charge on any atom is -0.480 e. The van der Waals surface area contributed by atoms with Crippen molar-refractivity contribution in [1.82, 2.24) is 5.32 Å². The molecule has 0 radical (unpaired) electrons. The molecule has 0 bridgehead atoms. The Morgan fingerprint density at radius 1 is 1.37 bits per heavy atom. The number of nitrogens with one attached hydrogen (secondary N) is 2. The Bertz CT molecular complexity index is 487. The zero-order valence-corrected chi connectivity index (χ0v) is 11.2. The lowest BCUT2D eigenvalue weighted by Crippen LogP contribution is -2.41. The molecule has 0 saturated heterocycles. The van der Waals surface area contributed by atoms with E-state index in [-0.39, 0.29) is 17.4 Å². The van der Waals surface area contributed by atoms with Crippen LogP contribution in [0, 0.1) is 0 Å². The first-order chi connectivity index (χ1) is 8.88. The number of aliphatic carboxylic acids is 1. The molecule has 0 aliphatic carbocycles. The number of carbonyl (C=O) groups excluding carboxylic acids is 1. The zero-order chi connectivity index (χ0) is 14.4. The second kappa shape index (κ2) is 6.69. The monoisotopic (exact) mass is 281 g/mol. The topological polar surface area (TPSA) is 104 Å². The van der Waals surface area contributed by atoms with Crippen LogP contribution in [0.5, 0.6) is 0 Å². The van der Waals surface area contributed by atoms with E-state index >= 15 is 0 Å². The van der Waals surface area contributed by atoms with Gasteiger partial charge in [0.05, 0.1) is 0 Å². The van der Waals surface area contributed by atoms with E-state index in [1.165, 1.54) is 6.92 Å². The highest BCUT2D eigenvalue weighted by Crippen LogP contribution is 2.11.